The minimum Gasteiger partial charge on any atom is -0.484 e. The van der Waals surface area contributed by atoms with Crippen molar-refractivity contribution in [1.29, 1.82) is 0 Å². The van der Waals surface area contributed by atoms with Gasteiger partial charge in [-0.2, -0.15) is 0 Å². The first-order chi connectivity index (χ1) is 11.6. The van der Waals surface area contributed by atoms with Crippen LogP contribution in [0.4, 0.5) is 0 Å². The first-order valence-corrected chi connectivity index (χ1v) is 8.76. The number of hydrogen-bond donors (Lipinski definition) is 1. The highest BCUT2D eigenvalue weighted by atomic mass is 16.5. The van der Waals surface area contributed by atoms with E-state index in [4.69, 9.17) is 9.47 Å². The highest BCUT2D eigenvalue weighted by Gasteiger charge is 2.38. The molecule has 0 saturated heterocycles. The summed E-state index contributed by atoms with van der Waals surface area (Å²) in [5.74, 6) is -0.0634. The van der Waals surface area contributed by atoms with Crippen LogP contribution in [0.3, 0.4) is 0 Å². The number of carbonyl (C=O) groups is 2. The average Bonchev–Trinajstić information content (AvgIpc) is 2.76. The number of ether oxygens (including phenoxy) is 2. The standard InChI is InChI=1S/C20H28O5/c1-12(8-15-9-13(2)10-19(23)24-15)6-7-16(21)14(3)17-11-18(22)20(4,5)25-17/h8,10-11,14-16,21H,6-7,9H2,1-5H3/t14-,15+,16+/m0/s1. The van der Waals surface area contributed by atoms with E-state index in [1.54, 1.807) is 13.8 Å². The smallest absolute Gasteiger partial charge is 0.331 e. The van der Waals surface area contributed by atoms with Crippen LogP contribution in [0.1, 0.15) is 53.9 Å². The quantitative estimate of drug-likeness (QED) is 0.589. The molecule has 3 atom stereocenters. The van der Waals surface area contributed by atoms with Crippen LogP contribution in [-0.4, -0.2) is 34.7 Å². The third kappa shape index (κ3) is 5.05. The van der Waals surface area contributed by atoms with Gasteiger partial charge in [0.25, 0.3) is 0 Å². The second kappa shape index (κ2) is 7.56. The summed E-state index contributed by atoms with van der Waals surface area (Å²) in [5, 5.41) is 10.4. The molecule has 2 aliphatic rings. The van der Waals surface area contributed by atoms with Gasteiger partial charge < -0.3 is 14.6 Å². The maximum absolute atomic E-state index is 11.8. The number of allylic oxidation sites excluding steroid dienone is 1. The lowest BCUT2D eigenvalue weighted by atomic mass is 9.95. The molecule has 0 aromatic heterocycles. The van der Waals surface area contributed by atoms with Gasteiger partial charge in [-0.05, 0) is 46.6 Å². The molecule has 0 bridgehead atoms. The molecule has 0 aromatic carbocycles. The van der Waals surface area contributed by atoms with E-state index >= 15 is 0 Å². The van der Waals surface area contributed by atoms with Crippen LogP contribution < -0.4 is 0 Å². The maximum atomic E-state index is 11.8. The summed E-state index contributed by atoms with van der Waals surface area (Å²) in [7, 11) is 0. The van der Waals surface area contributed by atoms with Crippen molar-refractivity contribution in [3.8, 4) is 0 Å². The molecule has 0 amide bonds. The molecule has 25 heavy (non-hydrogen) atoms. The predicted octanol–water partition coefficient (Wildman–Crippen LogP) is 3.23. The van der Waals surface area contributed by atoms with Gasteiger partial charge >= 0.3 is 5.97 Å². The van der Waals surface area contributed by atoms with Gasteiger partial charge in [-0.15, -0.1) is 0 Å². The van der Waals surface area contributed by atoms with E-state index in [2.05, 4.69) is 0 Å². The van der Waals surface area contributed by atoms with Crippen molar-refractivity contribution in [2.24, 2.45) is 5.92 Å². The third-order valence-corrected chi connectivity index (χ3v) is 4.73. The minimum absolute atomic E-state index is 0.0693. The predicted molar refractivity (Wildman–Crippen MR) is 94.7 cm³/mol. The monoisotopic (exact) mass is 348 g/mol. The Kier molecular flexibility index (Phi) is 5.88. The van der Waals surface area contributed by atoms with Gasteiger partial charge in [0.05, 0.1) is 6.10 Å². The van der Waals surface area contributed by atoms with E-state index < -0.39 is 11.7 Å². The van der Waals surface area contributed by atoms with E-state index in [-0.39, 0.29) is 23.8 Å². The highest BCUT2D eigenvalue weighted by Crippen LogP contribution is 2.31. The van der Waals surface area contributed by atoms with E-state index in [9.17, 15) is 14.7 Å². The van der Waals surface area contributed by atoms with Crippen molar-refractivity contribution in [2.75, 3.05) is 0 Å². The fourth-order valence-electron chi connectivity index (χ4n) is 3.01. The summed E-state index contributed by atoms with van der Waals surface area (Å²) < 4.78 is 10.9. The fraction of sp³-hybridized carbons (Fsp3) is 0.600. The van der Waals surface area contributed by atoms with Crippen molar-refractivity contribution < 1.29 is 24.2 Å². The Bertz CT molecular complexity index is 638. The molecule has 5 nitrogen and oxygen atoms in total. The van der Waals surface area contributed by atoms with Crippen LogP contribution >= 0.6 is 0 Å². The molecule has 0 aliphatic carbocycles. The van der Waals surface area contributed by atoms with Crippen molar-refractivity contribution in [3.63, 3.8) is 0 Å². The summed E-state index contributed by atoms with van der Waals surface area (Å²) in [6, 6.07) is 0. The minimum atomic E-state index is -0.838. The Morgan fingerprint density at radius 1 is 1.40 bits per heavy atom. The number of cyclic esters (lactones) is 1. The number of rotatable bonds is 6. The van der Waals surface area contributed by atoms with Gasteiger partial charge in [-0.3, -0.25) is 4.79 Å². The van der Waals surface area contributed by atoms with Gasteiger partial charge in [0.2, 0.25) is 5.78 Å². The van der Waals surface area contributed by atoms with Crippen LogP contribution in [0.5, 0.6) is 0 Å². The van der Waals surface area contributed by atoms with Crippen molar-refractivity contribution in [2.45, 2.75) is 71.7 Å². The summed E-state index contributed by atoms with van der Waals surface area (Å²) in [4.78, 5) is 23.3. The second-order valence-electron chi connectivity index (χ2n) is 7.60. The maximum Gasteiger partial charge on any atom is 0.331 e. The van der Waals surface area contributed by atoms with E-state index in [1.165, 1.54) is 12.2 Å². The third-order valence-electron chi connectivity index (χ3n) is 4.73. The number of ketones is 1. The SMILES string of the molecule is CC(=C[C@@H]1CC(C)=CC(=O)O1)CC[C@@H](O)[C@H](C)C1=CC(=O)C(C)(C)O1. The Balaban J connectivity index is 1.87. The number of esters is 1. The van der Waals surface area contributed by atoms with E-state index in [0.29, 0.717) is 25.0 Å². The normalized spacial score (nSPS) is 25.7. The molecule has 0 spiro atoms. The molecule has 0 radical (unpaired) electrons. The Labute approximate surface area is 149 Å². The molecule has 0 unspecified atom stereocenters. The number of carbonyl (C=O) groups excluding carboxylic acids is 2. The van der Waals surface area contributed by atoms with Crippen LogP contribution in [-0.2, 0) is 19.1 Å². The Morgan fingerprint density at radius 2 is 2.08 bits per heavy atom. The summed E-state index contributed by atoms with van der Waals surface area (Å²) in [5.41, 5.74) is 1.24. The number of aliphatic hydroxyl groups excluding tert-OH is 1. The first-order valence-electron chi connectivity index (χ1n) is 8.76. The molecule has 1 N–H and O–H groups in total. The largest absolute Gasteiger partial charge is 0.484 e. The van der Waals surface area contributed by atoms with Crippen LogP contribution in [0.25, 0.3) is 0 Å². The lowest BCUT2D eigenvalue weighted by Gasteiger charge is -2.24. The van der Waals surface area contributed by atoms with Crippen molar-refractivity contribution >= 4 is 11.8 Å². The number of hydrogen-bond acceptors (Lipinski definition) is 5. The summed E-state index contributed by atoms with van der Waals surface area (Å²) >= 11 is 0. The summed E-state index contributed by atoms with van der Waals surface area (Å²) in [6.45, 7) is 9.21. The second-order valence-corrected chi connectivity index (χ2v) is 7.60. The molecular formula is C20H28O5. The molecule has 138 valence electrons. The Morgan fingerprint density at radius 3 is 2.64 bits per heavy atom. The molecule has 0 saturated carbocycles. The van der Waals surface area contributed by atoms with Gasteiger partial charge in [-0.25, -0.2) is 4.79 Å². The van der Waals surface area contributed by atoms with Crippen LogP contribution in [0, 0.1) is 5.92 Å². The van der Waals surface area contributed by atoms with Crippen molar-refractivity contribution in [3.05, 3.63) is 35.1 Å². The summed E-state index contributed by atoms with van der Waals surface area (Å²) in [6.07, 6.45) is 6.07. The van der Waals surface area contributed by atoms with E-state index in [0.717, 1.165) is 11.1 Å². The van der Waals surface area contributed by atoms with Gasteiger partial charge in [0.15, 0.2) is 5.60 Å². The molecule has 2 heterocycles. The topological polar surface area (TPSA) is 72.8 Å². The lowest BCUT2D eigenvalue weighted by molar-refractivity contribution is -0.142. The average molecular weight is 348 g/mol. The lowest BCUT2D eigenvalue weighted by Crippen LogP contribution is -2.29. The molecule has 0 aromatic rings. The van der Waals surface area contributed by atoms with Crippen LogP contribution in [0.2, 0.25) is 0 Å². The van der Waals surface area contributed by atoms with Crippen LogP contribution in [0.15, 0.2) is 35.1 Å². The van der Waals surface area contributed by atoms with E-state index in [1.807, 2.05) is 26.8 Å². The zero-order valence-corrected chi connectivity index (χ0v) is 15.7. The zero-order chi connectivity index (χ0) is 18.8. The van der Waals surface area contributed by atoms with Crippen molar-refractivity contribution in [1.82, 2.24) is 0 Å². The molecule has 5 heteroatoms. The molecular weight excluding hydrogens is 320 g/mol. The Hall–Kier alpha value is -1.88. The van der Waals surface area contributed by atoms with Gasteiger partial charge in [-0.1, -0.05) is 18.1 Å². The zero-order valence-electron chi connectivity index (χ0n) is 15.7. The number of aliphatic hydroxyl groups is 1. The molecule has 2 rings (SSSR count). The highest BCUT2D eigenvalue weighted by molar-refractivity contribution is 5.98. The molecule has 0 fully saturated rings. The first kappa shape index (κ1) is 19.4. The van der Waals surface area contributed by atoms with Gasteiger partial charge in [0.1, 0.15) is 11.9 Å². The molecule has 2 aliphatic heterocycles. The van der Waals surface area contributed by atoms with Gasteiger partial charge in [0, 0.05) is 24.5 Å². The fourth-order valence-corrected chi connectivity index (χ4v) is 3.01.